The van der Waals surface area contributed by atoms with Crippen molar-refractivity contribution >= 4 is 18.0 Å². The van der Waals surface area contributed by atoms with Crippen molar-refractivity contribution in [2.45, 2.75) is 31.4 Å². The van der Waals surface area contributed by atoms with E-state index in [2.05, 4.69) is 10.6 Å². The van der Waals surface area contributed by atoms with Crippen LogP contribution in [0.4, 0.5) is 4.79 Å². The minimum absolute atomic E-state index is 0.0192. The second-order valence-electron chi connectivity index (χ2n) is 7.13. The third kappa shape index (κ3) is 4.77. The van der Waals surface area contributed by atoms with E-state index < -0.39 is 30.1 Å². The maximum absolute atomic E-state index is 12.0. The Kier molecular flexibility index (Phi) is 6.68. The largest absolute Gasteiger partial charge is 0.480 e. The number of aliphatic hydroxyl groups excluding tert-OH is 1. The number of rotatable bonds is 8. The minimum atomic E-state index is -1.40. The average Bonchev–Trinajstić information content (AvgIpc) is 3.04. The molecule has 3 rings (SSSR count). The van der Waals surface area contributed by atoms with E-state index in [1.807, 2.05) is 48.5 Å². The van der Waals surface area contributed by atoms with Crippen molar-refractivity contribution in [3.05, 3.63) is 59.7 Å². The Morgan fingerprint density at radius 3 is 2.13 bits per heavy atom. The van der Waals surface area contributed by atoms with Crippen LogP contribution in [0.15, 0.2) is 48.5 Å². The second-order valence-corrected chi connectivity index (χ2v) is 7.13. The number of hydrogen-bond donors (Lipinski definition) is 4. The van der Waals surface area contributed by atoms with Gasteiger partial charge in [0.25, 0.3) is 0 Å². The zero-order valence-corrected chi connectivity index (χ0v) is 16.5. The lowest BCUT2D eigenvalue weighted by atomic mass is 9.98. The summed E-state index contributed by atoms with van der Waals surface area (Å²) in [6.45, 7) is 1.41. The van der Waals surface area contributed by atoms with Crippen LogP contribution in [0, 0.1) is 0 Å². The highest BCUT2D eigenvalue weighted by atomic mass is 16.5. The van der Waals surface area contributed by atoms with Crippen LogP contribution < -0.4 is 10.6 Å². The Labute approximate surface area is 173 Å². The predicted molar refractivity (Wildman–Crippen MR) is 109 cm³/mol. The molecule has 2 atom stereocenters. The summed E-state index contributed by atoms with van der Waals surface area (Å²) in [6.07, 6.45) is -2.03. The molecule has 0 aromatic heterocycles. The Hall–Kier alpha value is -3.39. The topological polar surface area (TPSA) is 125 Å². The Morgan fingerprint density at radius 1 is 1.03 bits per heavy atom. The van der Waals surface area contributed by atoms with Gasteiger partial charge in [-0.3, -0.25) is 4.79 Å². The monoisotopic (exact) mass is 412 g/mol. The third-order valence-electron chi connectivity index (χ3n) is 5.03. The van der Waals surface area contributed by atoms with Crippen molar-refractivity contribution in [1.82, 2.24) is 10.6 Å². The van der Waals surface area contributed by atoms with E-state index in [1.54, 1.807) is 0 Å². The smallest absolute Gasteiger partial charge is 0.407 e. The molecule has 0 spiro atoms. The van der Waals surface area contributed by atoms with Crippen molar-refractivity contribution in [1.29, 1.82) is 0 Å². The van der Waals surface area contributed by atoms with Crippen LogP contribution in [0.1, 0.15) is 30.4 Å². The first kappa shape index (κ1) is 21.3. The van der Waals surface area contributed by atoms with Crippen molar-refractivity contribution < 1.29 is 29.3 Å². The molecule has 8 nitrogen and oxygen atoms in total. The number of fused-ring (bicyclic) bond motifs is 3. The lowest BCUT2D eigenvalue weighted by Gasteiger charge is -2.17. The lowest BCUT2D eigenvalue weighted by Crippen LogP contribution is -2.48. The summed E-state index contributed by atoms with van der Waals surface area (Å²) >= 11 is 0. The maximum atomic E-state index is 12.0. The summed E-state index contributed by atoms with van der Waals surface area (Å²) in [4.78, 5) is 34.8. The van der Waals surface area contributed by atoms with Gasteiger partial charge in [-0.2, -0.15) is 0 Å². The normalized spacial score (nSPS) is 14.2. The van der Waals surface area contributed by atoms with Crippen molar-refractivity contribution in [3.63, 3.8) is 0 Å². The van der Waals surface area contributed by atoms with Crippen LogP contribution in [-0.4, -0.2) is 53.5 Å². The Bertz CT molecular complexity index is 897. The molecule has 0 radical (unpaired) electrons. The number of amides is 2. The summed E-state index contributed by atoms with van der Waals surface area (Å²) in [5, 5.41) is 23.0. The number of benzene rings is 2. The van der Waals surface area contributed by atoms with Gasteiger partial charge < -0.3 is 25.6 Å². The molecular formula is C22H24N2O6. The van der Waals surface area contributed by atoms with E-state index in [1.165, 1.54) is 6.92 Å². The molecule has 2 aromatic rings. The van der Waals surface area contributed by atoms with Crippen molar-refractivity contribution in [2.75, 3.05) is 13.2 Å². The summed E-state index contributed by atoms with van der Waals surface area (Å²) in [7, 11) is 0. The summed E-state index contributed by atoms with van der Waals surface area (Å²) in [5.41, 5.74) is 4.46. The van der Waals surface area contributed by atoms with Gasteiger partial charge in [-0.15, -0.1) is 0 Å². The molecule has 0 aliphatic heterocycles. The van der Waals surface area contributed by atoms with Gasteiger partial charge in [0.05, 0.1) is 6.10 Å². The van der Waals surface area contributed by atoms with E-state index in [9.17, 15) is 19.5 Å². The number of aliphatic hydroxyl groups is 1. The molecule has 1 aliphatic rings. The molecule has 8 heteroatoms. The molecule has 0 fully saturated rings. The lowest BCUT2D eigenvalue weighted by molar-refractivity contribution is -0.144. The molecule has 0 saturated heterocycles. The van der Waals surface area contributed by atoms with Crippen LogP contribution in [0.3, 0.4) is 0 Å². The predicted octanol–water partition coefficient (Wildman–Crippen LogP) is 1.87. The van der Waals surface area contributed by atoms with Gasteiger partial charge in [0.2, 0.25) is 5.91 Å². The molecule has 30 heavy (non-hydrogen) atoms. The first-order valence-corrected chi connectivity index (χ1v) is 9.67. The standard InChI is InChI=1S/C22H24N2O6/c1-13(25)20(21(27)28)24-19(26)10-11-23-22(29)30-12-18-16-8-4-2-6-14(16)15-7-3-5-9-17(15)18/h2-9,13,18,20,25H,10-12H2,1H3,(H,23,29)(H,24,26)(H,27,28)/t13-,20+/m1/s1. The molecule has 2 amide bonds. The molecule has 158 valence electrons. The molecule has 1 aliphatic carbocycles. The highest BCUT2D eigenvalue weighted by molar-refractivity contribution is 5.84. The molecule has 0 unspecified atom stereocenters. The van der Waals surface area contributed by atoms with E-state index in [4.69, 9.17) is 9.84 Å². The number of carboxylic acid groups (broad SMARTS) is 1. The average molecular weight is 412 g/mol. The van der Waals surface area contributed by atoms with E-state index in [-0.39, 0.29) is 25.5 Å². The van der Waals surface area contributed by atoms with Crippen LogP contribution in [0.5, 0.6) is 0 Å². The first-order chi connectivity index (χ1) is 14.4. The number of nitrogens with one attached hydrogen (secondary N) is 2. The molecule has 0 bridgehead atoms. The van der Waals surface area contributed by atoms with Gasteiger partial charge in [-0.1, -0.05) is 48.5 Å². The SMILES string of the molecule is C[C@@H](O)[C@H](NC(=O)CCNC(=O)OCC1c2ccccc2-c2ccccc21)C(=O)O. The summed E-state index contributed by atoms with van der Waals surface area (Å²) < 4.78 is 5.36. The van der Waals surface area contributed by atoms with Gasteiger partial charge in [-0.05, 0) is 29.2 Å². The Morgan fingerprint density at radius 2 is 1.60 bits per heavy atom. The van der Waals surface area contributed by atoms with Gasteiger partial charge in [-0.25, -0.2) is 9.59 Å². The third-order valence-corrected chi connectivity index (χ3v) is 5.03. The fourth-order valence-corrected chi connectivity index (χ4v) is 3.56. The number of hydrogen-bond acceptors (Lipinski definition) is 5. The maximum Gasteiger partial charge on any atom is 0.407 e. The molecule has 0 heterocycles. The molecular weight excluding hydrogens is 388 g/mol. The van der Waals surface area contributed by atoms with Crippen molar-refractivity contribution in [2.24, 2.45) is 0 Å². The van der Waals surface area contributed by atoms with E-state index >= 15 is 0 Å². The van der Waals surface area contributed by atoms with Crippen LogP contribution in [0.25, 0.3) is 11.1 Å². The minimum Gasteiger partial charge on any atom is -0.480 e. The van der Waals surface area contributed by atoms with E-state index in [0.29, 0.717) is 0 Å². The number of ether oxygens (including phenoxy) is 1. The summed E-state index contributed by atoms with van der Waals surface area (Å²) in [6, 6.07) is 14.6. The van der Waals surface area contributed by atoms with Crippen LogP contribution >= 0.6 is 0 Å². The summed E-state index contributed by atoms with van der Waals surface area (Å²) in [5.74, 6) is -1.99. The highest BCUT2D eigenvalue weighted by Crippen LogP contribution is 2.44. The fourth-order valence-electron chi connectivity index (χ4n) is 3.56. The number of carbonyl (C=O) groups excluding carboxylic acids is 2. The number of carbonyl (C=O) groups is 3. The molecule has 2 aromatic carbocycles. The Balaban J connectivity index is 1.49. The fraction of sp³-hybridized carbons (Fsp3) is 0.318. The van der Waals surface area contributed by atoms with Crippen LogP contribution in [0.2, 0.25) is 0 Å². The molecule has 4 N–H and O–H groups in total. The van der Waals surface area contributed by atoms with Gasteiger partial charge in [0.15, 0.2) is 6.04 Å². The first-order valence-electron chi connectivity index (χ1n) is 9.67. The second kappa shape index (κ2) is 9.41. The zero-order chi connectivity index (χ0) is 21.7. The van der Waals surface area contributed by atoms with Gasteiger partial charge >= 0.3 is 12.1 Å². The van der Waals surface area contributed by atoms with Gasteiger partial charge in [0.1, 0.15) is 6.61 Å². The number of carboxylic acids is 1. The number of alkyl carbamates (subject to hydrolysis) is 1. The van der Waals surface area contributed by atoms with Gasteiger partial charge in [0, 0.05) is 18.9 Å². The highest BCUT2D eigenvalue weighted by Gasteiger charge is 2.29. The van der Waals surface area contributed by atoms with E-state index in [0.717, 1.165) is 22.3 Å². The number of aliphatic carboxylic acids is 1. The zero-order valence-electron chi connectivity index (χ0n) is 16.5. The molecule has 0 saturated carbocycles. The van der Waals surface area contributed by atoms with Crippen LogP contribution in [-0.2, 0) is 14.3 Å². The van der Waals surface area contributed by atoms with Crippen molar-refractivity contribution in [3.8, 4) is 11.1 Å². The quantitative estimate of drug-likeness (QED) is 0.525.